The molecule has 2 rings (SSSR count). The van der Waals surface area contributed by atoms with E-state index in [2.05, 4.69) is 17.6 Å². The van der Waals surface area contributed by atoms with E-state index in [1.165, 1.54) is 0 Å². The summed E-state index contributed by atoms with van der Waals surface area (Å²) in [5.41, 5.74) is 1.08. The second-order valence-electron chi connectivity index (χ2n) is 5.62. The van der Waals surface area contributed by atoms with Gasteiger partial charge in [-0.25, -0.2) is 0 Å². The molecule has 1 aliphatic heterocycles. The maximum atomic E-state index is 12.6. The normalized spacial score (nSPS) is 18.1. The van der Waals surface area contributed by atoms with Crippen molar-refractivity contribution in [1.29, 1.82) is 0 Å². The number of nitrogens with zero attached hydrogens (tertiary/aromatic N) is 1. The predicted octanol–water partition coefficient (Wildman–Crippen LogP) is 2.51. The van der Waals surface area contributed by atoms with Gasteiger partial charge in [0.05, 0.1) is 17.1 Å². The molecule has 1 aromatic rings. The number of nitrogens with one attached hydrogen (secondary N) is 2. The van der Waals surface area contributed by atoms with Gasteiger partial charge < -0.3 is 15.5 Å². The molecule has 2 amide bonds. The van der Waals surface area contributed by atoms with Gasteiger partial charge in [0.2, 0.25) is 5.91 Å². The van der Waals surface area contributed by atoms with Crippen LogP contribution in [-0.2, 0) is 4.79 Å². The lowest BCUT2D eigenvalue weighted by Gasteiger charge is -2.33. The largest absolute Gasteiger partial charge is 0.336 e. The zero-order chi connectivity index (χ0) is 16.1. The number of likely N-dealkylation sites (tertiary alicyclic amines) is 1. The zero-order valence-corrected chi connectivity index (χ0v) is 13.7. The number of piperidine rings is 1. The van der Waals surface area contributed by atoms with Crippen molar-refractivity contribution >= 4 is 29.1 Å². The number of anilines is 1. The summed E-state index contributed by atoms with van der Waals surface area (Å²) in [7, 11) is 1.70. The van der Waals surface area contributed by atoms with Crippen molar-refractivity contribution in [1.82, 2.24) is 10.2 Å². The maximum Gasteiger partial charge on any atom is 0.255 e. The molecule has 2 N–H and O–H groups in total. The molecule has 0 bridgehead atoms. The van der Waals surface area contributed by atoms with Gasteiger partial charge in [-0.3, -0.25) is 9.59 Å². The molecule has 1 heterocycles. The van der Waals surface area contributed by atoms with E-state index in [0.717, 1.165) is 25.8 Å². The highest BCUT2D eigenvalue weighted by Crippen LogP contribution is 2.25. The van der Waals surface area contributed by atoms with Gasteiger partial charge in [-0.1, -0.05) is 11.6 Å². The topological polar surface area (TPSA) is 61.4 Å². The molecule has 6 heteroatoms. The summed E-state index contributed by atoms with van der Waals surface area (Å²) in [6, 6.07) is 5.26. The van der Waals surface area contributed by atoms with Crippen molar-refractivity contribution < 1.29 is 9.59 Å². The number of rotatable bonds is 4. The molecule has 0 saturated carbocycles. The minimum atomic E-state index is -0.151. The molecule has 1 fully saturated rings. The minimum Gasteiger partial charge on any atom is -0.336 e. The molecule has 0 spiro atoms. The van der Waals surface area contributed by atoms with Gasteiger partial charge in [0, 0.05) is 18.3 Å². The lowest BCUT2D eigenvalue weighted by Crippen LogP contribution is -2.42. The molecular weight excluding hydrogens is 302 g/mol. The van der Waals surface area contributed by atoms with Crippen molar-refractivity contribution in [2.45, 2.75) is 32.2 Å². The third-order valence-corrected chi connectivity index (χ3v) is 4.20. The summed E-state index contributed by atoms with van der Waals surface area (Å²) in [5, 5.41) is 5.87. The van der Waals surface area contributed by atoms with Crippen molar-refractivity contribution in [3.8, 4) is 0 Å². The van der Waals surface area contributed by atoms with Crippen LogP contribution in [0.25, 0.3) is 0 Å². The summed E-state index contributed by atoms with van der Waals surface area (Å²) in [6.07, 6.45) is 3.22. The lowest BCUT2D eigenvalue weighted by molar-refractivity contribution is -0.115. The molecule has 1 saturated heterocycles. The second-order valence-corrected chi connectivity index (χ2v) is 6.02. The average molecular weight is 324 g/mol. The third-order valence-electron chi connectivity index (χ3n) is 3.88. The number of halogens is 1. The standard InChI is InChI=1S/C16H22ClN3O2/c1-11-5-3-4-8-20(11)16(22)13-7-6-12(9-14(13)17)19-15(21)10-18-2/h6-7,9,11,18H,3-5,8,10H2,1-2H3,(H,19,21). The Morgan fingerprint density at radius 1 is 1.36 bits per heavy atom. The molecule has 5 nitrogen and oxygen atoms in total. The molecule has 22 heavy (non-hydrogen) atoms. The average Bonchev–Trinajstić information content (AvgIpc) is 2.47. The molecular formula is C16H22ClN3O2. The number of amides is 2. The molecule has 1 aliphatic rings. The minimum absolute atomic E-state index is 0.0368. The maximum absolute atomic E-state index is 12.6. The number of hydrogen-bond donors (Lipinski definition) is 2. The zero-order valence-electron chi connectivity index (χ0n) is 13.0. The van der Waals surface area contributed by atoms with E-state index in [0.29, 0.717) is 16.3 Å². The van der Waals surface area contributed by atoms with Crippen LogP contribution in [0.2, 0.25) is 5.02 Å². The molecule has 1 atom stereocenters. The fourth-order valence-electron chi connectivity index (χ4n) is 2.69. The molecule has 120 valence electrons. The van der Waals surface area contributed by atoms with E-state index in [-0.39, 0.29) is 24.4 Å². The van der Waals surface area contributed by atoms with Gasteiger partial charge in [0.15, 0.2) is 0 Å². The third kappa shape index (κ3) is 3.99. The number of carbonyl (C=O) groups is 2. The lowest BCUT2D eigenvalue weighted by atomic mass is 10.0. The van der Waals surface area contributed by atoms with Crippen LogP contribution in [0.5, 0.6) is 0 Å². The van der Waals surface area contributed by atoms with Crippen LogP contribution in [0.3, 0.4) is 0 Å². The van der Waals surface area contributed by atoms with Gasteiger partial charge in [-0.15, -0.1) is 0 Å². The summed E-state index contributed by atoms with van der Waals surface area (Å²) in [5.74, 6) is -0.187. The Labute approximate surface area is 136 Å². The molecule has 0 aliphatic carbocycles. The van der Waals surface area contributed by atoms with Gasteiger partial charge in [-0.2, -0.15) is 0 Å². The Kier molecular flexibility index (Phi) is 5.80. The van der Waals surface area contributed by atoms with Crippen LogP contribution >= 0.6 is 11.6 Å². The monoisotopic (exact) mass is 323 g/mol. The van der Waals surface area contributed by atoms with Crippen LogP contribution < -0.4 is 10.6 Å². The number of hydrogen-bond acceptors (Lipinski definition) is 3. The fourth-order valence-corrected chi connectivity index (χ4v) is 2.95. The van der Waals surface area contributed by atoms with Gasteiger partial charge in [0.1, 0.15) is 0 Å². The summed E-state index contributed by atoms with van der Waals surface area (Å²) in [6.45, 7) is 3.07. The van der Waals surface area contributed by atoms with Crippen molar-refractivity contribution in [3.05, 3.63) is 28.8 Å². The van der Waals surface area contributed by atoms with Crippen LogP contribution in [0.4, 0.5) is 5.69 Å². The molecule has 0 aromatic heterocycles. The SMILES string of the molecule is CNCC(=O)Nc1ccc(C(=O)N2CCCCC2C)c(Cl)c1. The van der Waals surface area contributed by atoms with Gasteiger partial charge >= 0.3 is 0 Å². The van der Waals surface area contributed by atoms with Crippen LogP contribution in [-0.4, -0.2) is 42.9 Å². The van der Waals surface area contributed by atoms with Crippen LogP contribution in [0, 0.1) is 0 Å². The van der Waals surface area contributed by atoms with E-state index >= 15 is 0 Å². The van der Waals surface area contributed by atoms with E-state index < -0.39 is 0 Å². The van der Waals surface area contributed by atoms with E-state index in [9.17, 15) is 9.59 Å². The predicted molar refractivity (Wildman–Crippen MR) is 88.4 cm³/mol. The van der Waals surface area contributed by atoms with Crippen molar-refractivity contribution in [3.63, 3.8) is 0 Å². The summed E-state index contributed by atoms with van der Waals surface area (Å²) < 4.78 is 0. The Morgan fingerprint density at radius 3 is 2.77 bits per heavy atom. The van der Waals surface area contributed by atoms with E-state index in [4.69, 9.17) is 11.6 Å². The van der Waals surface area contributed by atoms with Gasteiger partial charge in [0.25, 0.3) is 5.91 Å². The Hall–Kier alpha value is -1.59. The van der Waals surface area contributed by atoms with Crippen LogP contribution in [0.15, 0.2) is 18.2 Å². The molecule has 0 radical (unpaired) electrons. The second kappa shape index (κ2) is 7.61. The quantitative estimate of drug-likeness (QED) is 0.895. The first-order valence-corrected chi connectivity index (χ1v) is 7.95. The molecule has 1 aromatic carbocycles. The molecule has 1 unspecified atom stereocenters. The Bertz CT molecular complexity index is 562. The first kappa shape index (κ1) is 16.8. The highest BCUT2D eigenvalue weighted by Gasteiger charge is 2.25. The first-order chi connectivity index (χ1) is 10.5. The van der Waals surface area contributed by atoms with Crippen molar-refractivity contribution in [2.75, 3.05) is 25.5 Å². The Balaban J connectivity index is 2.11. The summed E-state index contributed by atoms with van der Waals surface area (Å²) in [4.78, 5) is 26.0. The number of carbonyl (C=O) groups excluding carboxylic acids is 2. The first-order valence-electron chi connectivity index (χ1n) is 7.58. The highest BCUT2D eigenvalue weighted by molar-refractivity contribution is 6.34. The van der Waals surface area contributed by atoms with E-state index in [1.54, 1.807) is 25.2 Å². The van der Waals surface area contributed by atoms with Gasteiger partial charge in [-0.05, 0) is 51.4 Å². The number of likely N-dealkylation sites (N-methyl/N-ethyl adjacent to an activating group) is 1. The highest BCUT2D eigenvalue weighted by atomic mass is 35.5. The van der Waals surface area contributed by atoms with Crippen molar-refractivity contribution in [2.24, 2.45) is 0 Å². The van der Waals surface area contributed by atoms with E-state index in [1.807, 2.05) is 4.90 Å². The fraction of sp³-hybridized carbons (Fsp3) is 0.500. The summed E-state index contributed by atoms with van der Waals surface area (Å²) >= 11 is 6.24. The smallest absolute Gasteiger partial charge is 0.255 e. The Morgan fingerprint density at radius 2 is 2.14 bits per heavy atom. The van der Waals surface area contributed by atoms with Crippen LogP contribution in [0.1, 0.15) is 36.5 Å². The number of benzene rings is 1.